The Balaban J connectivity index is 1.39. The van der Waals surface area contributed by atoms with Crippen LogP contribution in [0, 0.1) is 5.92 Å². The number of amides is 2. The van der Waals surface area contributed by atoms with E-state index in [1.807, 2.05) is 30.3 Å². The zero-order valence-electron chi connectivity index (χ0n) is 15.2. The summed E-state index contributed by atoms with van der Waals surface area (Å²) < 4.78 is 11.1. The molecular weight excluding hydrogens is 332 g/mol. The molecule has 3 rings (SSSR count). The first-order chi connectivity index (χ1) is 12.7. The van der Waals surface area contributed by atoms with Crippen LogP contribution in [0.1, 0.15) is 32.1 Å². The van der Waals surface area contributed by atoms with Crippen molar-refractivity contribution in [3.8, 4) is 5.75 Å². The molecule has 0 bridgehead atoms. The van der Waals surface area contributed by atoms with Crippen molar-refractivity contribution >= 4 is 11.8 Å². The molecule has 2 saturated heterocycles. The van der Waals surface area contributed by atoms with Crippen LogP contribution in [0.15, 0.2) is 30.3 Å². The molecule has 1 N–H and O–H groups in total. The summed E-state index contributed by atoms with van der Waals surface area (Å²) in [6.45, 7) is 2.95. The first kappa shape index (κ1) is 18.7. The maximum atomic E-state index is 12.4. The van der Waals surface area contributed by atoms with E-state index < -0.39 is 0 Å². The second kappa shape index (κ2) is 9.57. The summed E-state index contributed by atoms with van der Waals surface area (Å²) in [6, 6.07) is 9.48. The third kappa shape index (κ3) is 5.46. The van der Waals surface area contributed by atoms with Crippen molar-refractivity contribution in [2.75, 3.05) is 32.8 Å². The highest BCUT2D eigenvalue weighted by molar-refractivity contribution is 5.81. The molecule has 2 unspecified atom stereocenters. The predicted molar refractivity (Wildman–Crippen MR) is 97.8 cm³/mol. The first-order valence-corrected chi connectivity index (χ1v) is 9.57. The number of carbonyl (C=O) groups excluding carboxylic acids is 2. The van der Waals surface area contributed by atoms with Crippen LogP contribution in [0.5, 0.6) is 5.75 Å². The van der Waals surface area contributed by atoms with E-state index in [-0.39, 0.29) is 23.8 Å². The van der Waals surface area contributed by atoms with Gasteiger partial charge in [0.05, 0.1) is 25.0 Å². The molecule has 0 radical (unpaired) electrons. The fourth-order valence-corrected chi connectivity index (χ4v) is 3.51. The second-order valence-corrected chi connectivity index (χ2v) is 6.97. The maximum Gasteiger partial charge on any atom is 0.226 e. The van der Waals surface area contributed by atoms with Crippen molar-refractivity contribution in [3.63, 3.8) is 0 Å². The van der Waals surface area contributed by atoms with E-state index in [1.165, 1.54) is 0 Å². The molecule has 0 aromatic heterocycles. The van der Waals surface area contributed by atoms with Gasteiger partial charge in [0.2, 0.25) is 11.8 Å². The standard InChI is InChI=1S/C20H28N2O4/c23-19(10-13-26-17-7-2-1-3-8-17)22-11-4-6-16(15-22)20(24)21-14-18-9-5-12-25-18/h1-3,7-8,16,18H,4-6,9-15H2,(H,21,24). The van der Waals surface area contributed by atoms with Crippen LogP contribution in [-0.4, -0.2) is 55.7 Å². The first-order valence-electron chi connectivity index (χ1n) is 9.57. The van der Waals surface area contributed by atoms with Gasteiger partial charge in [0.25, 0.3) is 0 Å². The van der Waals surface area contributed by atoms with Crippen molar-refractivity contribution in [1.29, 1.82) is 0 Å². The number of piperidine rings is 1. The van der Waals surface area contributed by atoms with Crippen LogP contribution < -0.4 is 10.1 Å². The van der Waals surface area contributed by atoms with Gasteiger partial charge in [-0.3, -0.25) is 9.59 Å². The van der Waals surface area contributed by atoms with E-state index in [9.17, 15) is 9.59 Å². The van der Waals surface area contributed by atoms with Gasteiger partial charge in [0.15, 0.2) is 0 Å². The molecule has 2 heterocycles. The largest absolute Gasteiger partial charge is 0.493 e. The number of rotatable bonds is 7. The van der Waals surface area contributed by atoms with Crippen LogP contribution in [0.25, 0.3) is 0 Å². The van der Waals surface area contributed by atoms with Crippen molar-refractivity contribution < 1.29 is 19.1 Å². The van der Waals surface area contributed by atoms with E-state index in [4.69, 9.17) is 9.47 Å². The molecule has 0 aliphatic carbocycles. The fourth-order valence-electron chi connectivity index (χ4n) is 3.51. The van der Waals surface area contributed by atoms with Gasteiger partial charge in [-0.1, -0.05) is 18.2 Å². The van der Waals surface area contributed by atoms with Crippen molar-refractivity contribution in [3.05, 3.63) is 30.3 Å². The molecular formula is C20H28N2O4. The van der Waals surface area contributed by atoms with Gasteiger partial charge in [0, 0.05) is 26.2 Å². The number of nitrogens with zero attached hydrogens (tertiary/aromatic N) is 1. The number of ether oxygens (including phenoxy) is 2. The lowest BCUT2D eigenvalue weighted by atomic mass is 9.96. The molecule has 0 saturated carbocycles. The number of hydrogen-bond acceptors (Lipinski definition) is 4. The molecule has 26 heavy (non-hydrogen) atoms. The van der Waals surface area contributed by atoms with Crippen LogP contribution in [-0.2, 0) is 14.3 Å². The van der Waals surface area contributed by atoms with Crippen molar-refractivity contribution in [1.82, 2.24) is 10.2 Å². The number of para-hydroxylation sites is 1. The Morgan fingerprint density at radius 3 is 2.81 bits per heavy atom. The van der Waals surface area contributed by atoms with Crippen molar-refractivity contribution in [2.24, 2.45) is 5.92 Å². The zero-order chi connectivity index (χ0) is 18.2. The van der Waals surface area contributed by atoms with Crippen LogP contribution in [0.4, 0.5) is 0 Å². The molecule has 6 heteroatoms. The Kier molecular flexibility index (Phi) is 6.89. The summed E-state index contributed by atoms with van der Waals surface area (Å²) in [5.41, 5.74) is 0. The minimum Gasteiger partial charge on any atom is -0.493 e. The molecule has 0 spiro atoms. The molecule has 2 aliphatic rings. The lowest BCUT2D eigenvalue weighted by Crippen LogP contribution is -2.46. The Bertz CT molecular complexity index is 587. The zero-order valence-corrected chi connectivity index (χ0v) is 15.2. The normalized spacial score (nSPS) is 22.8. The Morgan fingerprint density at radius 1 is 1.19 bits per heavy atom. The number of hydrogen-bond donors (Lipinski definition) is 1. The molecule has 1 aromatic rings. The van der Waals surface area contributed by atoms with Gasteiger partial charge >= 0.3 is 0 Å². The smallest absolute Gasteiger partial charge is 0.226 e. The number of likely N-dealkylation sites (tertiary alicyclic amines) is 1. The van der Waals surface area contributed by atoms with Gasteiger partial charge in [-0.2, -0.15) is 0 Å². The topological polar surface area (TPSA) is 67.9 Å². The van der Waals surface area contributed by atoms with Gasteiger partial charge < -0.3 is 19.7 Å². The molecule has 1 aromatic carbocycles. The lowest BCUT2D eigenvalue weighted by molar-refractivity contribution is -0.136. The number of benzene rings is 1. The second-order valence-electron chi connectivity index (χ2n) is 6.97. The SMILES string of the molecule is O=C(NCC1CCCO1)C1CCCN(C(=O)CCOc2ccccc2)C1. The van der Waals surface area contributed by atoms with E-state index in [0.29, 0.717) is 26.1 Å². The third-order valence-corrected chi connectivity index (χ3v) is 5.00. The van der Waals surface area contributed by atoms with Gasteiger partial charge in [-0.25, -0.2) is 0 Å². The molecule has 6 nitrogen and oxygen atoms in total. The lowest BCUT2D eigenvalue weighted by Gasteiger charge is -2.32. The quantitative estimate of drug-likeness (QED) is 0.807. The van der Waals surface area contributed by atoms with E-state index >= 15 is 0 Å². The van der Waals surface area contributed by atoms with Gasteiger partial charge in [-0.15, -0.1) is 0 Å². The molecule has 2 fully saturated rings. The molecule has 2 aliphatic heterocycles. The third-order valence-electron chi connectivity index (χ3n) is 5.00. The van der Waals surface area contributed by atoms with E-state index in [1.54, 1.807) is 4.90 Å². The van der Waals surface area contributed by atoms with E-state index in [2.05, 4.69) is 5.32 Å². The average Bonchev–Trinajstić information content (AvgIpc) is 3.20. The monoisotopic (exact) mass is 360 g/mol. The van der Waals surface area contributed by atoms with Crippen LogP contribution >= 0.6 is 0 Å². The fraction of sp³-hybridized carbons (Fsp3) is 0.600. The average molecular weight is 360 g/mol. The summed E-state index contributed by atoms with van der Waals surface area (Å²) in [4.78, 5) is 26.6. The minimum absolute atomic E-state index is 0.0403. The van der Waals surface area contributed by atoms with E-state index in [0.717, 1.165) is 44.6 Å². The number of nitrogens with one attached hydrogen (secondary N) is 1. The summed E-state index contributed by atoms with van der Waals surface area (Å²) in [5.74, 6) is 0.741. The number of carbonyl (C=O) groups is 2. The molecule has 142 valence electrons. The highest BCUT2D eigenvalue weighted by atomic mass is 16.5. The minimum atomic E-state index is -0.121. The Morgan fingerprint density at radius 2 is 2.04 bits per heavy atom. The molecule has 2 atom stereocenters. The highest BCUT2D eigenvalue weighted by Crippen LogP contribution is 2.18. The van der Waals surface area contributed by atoms with Crippen LogP contribution in [0.2, 0.25) is 0 Å². The summed E-state index contributed by atoms with van der Waals surface area (Å²) in [6.07, 6.45) is 4.26. The van der Waals surface area contributed by atoms with Gasteiger partial charge in [0.1, 0.15) is 5.75 Å². The summed E-state index contributed by atoms with van der Waals surface area (Å²) in [7, 11) is 0. The van der Waals surface area contributed by atoms with Gasteiger partial charge in [-0.05, 0) is 37.8 Å². The van der Waals surface area contributed by atoms with Crippen molar-refractivity contribution in [2.45, 2.75) is 38.2 Å². The highest BCUT2D eigenvalue weighted by Gasteiger charge is 2.28. The summed E-state index contributed by atoms with van der Waals surface area (Å²) >= 11 is 0. The maximum absolute atomic E-state index is 12.4. The molecule has 2 amide bonds. The summed E-state index contributed by atoms with van der Waals surface area (Å²) in [5, 5.41) is 2.99. The Labute approximate surface area is 154 Å². The Hall–Kier alpha value is -2.08. The van der Waals surface area contributed by atoms with Crippen LogP contribution in [0.3, 0.4) is 0 Å². The predicted octanol–water partition coefficient (Wildman–Crippen LogP) is 1.99.